The number of rotatable bonds is 6. The first kappa shape index (κ1) is 14.4. The number of carbonyl (C=O) groups is 1. The molecule has 0 unspecified atom stereocenters. The Hall–Kier alpha value is -0.670. The molecule has 17 heavy (non-hydrogen) atoms. The molecule has 0 radical (unpaired) electrons. The summed E-state index contributed by atoms with van der Waals surface area (Å²) in [5.74, 6) is 0.850. The summed E-state index contributed by atoms with van der Waals surface area (Å²) in [5.41, 5.74) is 0.789. The van der Waals surface area contributed by atoms with Crippen molar-refractivity contribution in [2.24, 2.45) is 5.92 Å². The molecule has 0 bridgehead atoms. The zero-order chi connectivity index (χ0) is 12.8. The Kier molecular flexibility index (Phi) is 5.86. The summed E-state index contributed by atoms with van der Waals surface area (Å²) < 4.78 is 0.957. The molecule has 3 heteroatoms. The molecule has 1 aromatic rings. The van der Waals surface area contributed by atoms with E-state index in [1.807, 2.05) is 24.3 Å². The molecule has 0 aliphatic carbocycles. The fourth-order valence-corrected chi connectivity index (χ4v) is 2.21. The topological polar surface area (TPSA) is 20.3 Å². The highest BCUT2D eigenvalue weighted by Crippen LogP contribution is 2.13. The van der Waals surface area contributed by atoms with Gasteiger partial charge in [0.25, 0.3) is 0 Å². The van der Waals surface area contributed by atoms with Crippen LogP contribution in [0.15, 0.2) is 28.7 Å². The van der Waals surface area contributed by atoms with Gasteiger partial charge in [0, 0.05) is 29.5 Å². The fraction of sp³-hybridized carbons (Fsp3) is 0.500. The molecule has 0 amide bonds. The van der Waals surface area contributed by atoms with E-state index in [2.05, 4.69) is 41.7 Å². The SMILES string of the molecule is CC(C)CN(C)CCC(=O)c1cccc(Br)c1. The van der Waals surface area contributed by atoms with Gasteiger partial charge in [0.15, 0.2) is 5.78 Å². The van der Waals surface area contributed by atoms with Crippen molar-refractivity contribution in [3.8, 4) is 0 Å². The standard InChI is InChI=1S/C14H20BrNO/c1-11(2)10-16(3)8-7-14(17)12-5-4-6-13(15)9-12/h4-6,9,11H,7-8,10H2,1-3H3. The van der Waals surface area contributed by atoms with Gasteiger partial charge in [-0.1, -0.05) is 41.9 Å². The predicted octanol–water partition coefficient (Wildman–Crippen LogP) is 3.61. The normalized spacial score (nSPS) is 11.2. The van der Waals surface area contributed by atoms with Crippen LogP contribution in [0.3, 0.4) is 0 Å². The molecule has 0 aromatic heterocycles. The van der Waals surface area contributed by atoms with Crippen molar-refractivity contribution in [2.75, 3.05) is 20.1 Å². The quantitative estimate of drug-likeness (QED) is 0.748. The van der Waals surface area contributed by atoms with Crippen molar-refractivity contribution in [3.63, 3.8) is 0 Å². The highest BCUT2D eigenvalue weighted by Gasteiger charge is 2.08. The summed E-state index contributed by atoms with van der Waals surface area (Å²) in [5, 5.41) is 0. The van der Waals surface area contributed by atoms with Crippen LogP contribution in [0.25, 0.3) is 0 Å². The number of hydrogen-bond acceptors (Lipinski definition) is 2. The Bertz CT molecular complexity index is 376. The van der Waals surface area contributed by atoms with E-state index in [0.29, 0.717) is 12.3 Å². The van der Waals surface area contributed by atoms with Gasteiger partial charge in [0.1, 0.15) is 0 Å². The van der Waals surface area contributed by atoms with Crippen molar-refractivity contribution in [1.82, 2.24) is 4.90 Å². The van der Waals surface area contributed by atoms with E-state index in [0.717, 1.165) is 23.1 Å². The number of ketones is 1. The van der Waals surface area contributed by atoms with E-state index >= 15 is 0 Å². The fourth-order valence-electron chi connectivity index (χ4n) is 1.81. The molecule has 1 rings (SSSR count). The molecular weight excluding hydrogens is 278 g/mol. The lowest BCUT2D eigenvalue weighted by Crippen LogP contribution is -2.25. The van der Waals surface area contributed by atoms with Gasteiger partial charge in [-0.3, -0.25) is 4.79 Å². The Balaban J connectivity index is 2.45. The second kappa shape index (κ2) is 6.92. The van der Waals surface area contributed by atoms with Crippen LogP contribution in [-0.4, -0.2) is 30.8 Å². The van der Waals surface area contributed by atoms with Crippen LogP contribution < -0.4 is 0 Å². The third-order valence-corrected chi connectivity index (χ3v) is 3.04. The second-order valence-electron chi connectivity index (χ2n) is 4.84. The number of nitrogens with zero attached hydrogens (tertiary/aromatic N) is 1. The maximum absolute atomic E-state index is 11.9. The molecule has 0 atom stereocenters. The molecular formula is C14H20BrNO. The van der Waals surface area contributed by atoms with E-state index in [1.165, 1.54) is 0 Å². The van der Waals surface area contributed by atoms with Crippen molar-refractivity contribution in [3.05, 3.63) is 34.3 Å². The minimum absolute atomic E-state index is 0.210. The van der Waals surface area contributed by atoms with Crippen LogP contribution in [0.5, 0.6) is 0 Å². The lowest BCUT2D eigenvalue weighted by atomic mass is 10.1. The van der Waals surface area contributed by atoms with E-state index < -0.39 is 0 Å². The predicted molar refractivity (Wildman–Crippen MR) is 75.4 cm³/mol. The van der Waals surface area contributed by atoms with Crippen LogP contribution in [0.1, 0.15) is 30.6 Å². The Morgan fingerprint density at radius 3 is 2.71 bits per heavy atom. The number of hydrogen-bond donors (Lipinski definition) is 0. The Morgan fingerprint density at radius 2 is 2.12 bits per heavy atom. The van der Waals surface area contributed by atoms with E-state index in [-0.39, 0.29) is 5.78 Å². The molecule has 94 valence electrons. The number of Topliss-reactive ketones (excluding diaryl/α,β-unsaturated/α-hetero) is 1. The first-order valence-corrected chi connectivity index (χ1v) is 6.75. The van der Waals surface area contributed by atoms with Crippen LogP contribution in [0.4, 0.5) is 0 Å². The van der Waals surface area contributed by atoms with Crippen molar-refractivity contribution >= 4 is 21.7 Å². The number of carbonyl (C=O) groups excluding carboxylic acids is 1. The van der Waals surface area contributed by atoms with Gasteiger partial charge in [0.05, 0.1) is 0 Å². The lowest BCUT2D eigenvalue weighted by molar-refractivity contribution is 0.0967. The largest absolute Gasteiger partial charge is 0.306 e. The van der Waals surface area contributed by atoms with E-state index in [1.54, 1.807) is 0 Å². The molecule has 0 saturated heterocycles. The molecule has 0 spiro atoms. The molecule has 1 aromatic carbocycles. The van der Waals surface area contributed by atoms with Crippen molar-refractivity contribution in [2.45, 2.75) is 20.3 Å². The monoisotopic (exact) mass is 297 g/mol. The number of halogens is 1. The summed E-state index contributed by atoms with van der Waals surface area (Å²) >= 11 is 3.38. The average Bonchev–Trinajstić information content (AvgIpc) is 2.25. The van der Waals surface area contributed by atoms with Crippen molar-refractivity contribution < 1.29 is 4.79 Å². The molecule has 2 nitrogen and oxygen atoms in total. The minimum Gasteiger partial charge on any atom is -0.306 e. The smallest absolute Gasteiger partial charge is 0.164 e. The van der Waals surface area contributed by atoms with E-state index in [9.17, 15) is 4.79 Å². The first-order chi connectivity index (χ1) is 7.99. The van der Waals surface area contributed by atoms with Gasteiger partial charge in [-0.15, -0.1) is 0 Å². The number of benzene rings is 1. The zero-order valence-electron chi connectivity index (χ0n) is 10.7. The van der Waals surface area contributed by atoms with Gasteiger partial charge in [-0.05, 0) is 25.1 Å². The lowest BCUT2D eigenvalue weighted by Gasteiger charge is -2.18. The maximum atomic E-state index is 11.9. The molecule has 0 heterocycles. The highest BCUT2D eigenvalue weighted by molar-refractivity contribution is 9.10. The van der Waals surface area contributed by atoms with Gasteiger partial charge >= 0.3 is 0 Å². The summed E-state index contributed by atoms with van der Waals surface area (Å²) in [7, 11) is 2.06. The van der Waals surface area contributed by atoms with Crippen LogP contribution in [0.2, 0.25) is 0 Å². The summed E-state index contributed by atoms with van der Waals surface area (Å²) in [6.45, 7) is 6.23. The molecule has 0 aliphatic rings. The van der Waals surface area contributed by atoms with Gasteiger partial charge < -0.3 is 4.90 Å². The zero-order valence-corrected chi connectivity index (χ0v) is 12.3. The van der Waals surface area contributed by atoms with Crippen LogP contribution in [-0.2, 0) is 0 Å². The van der Waals surface area contributed by atoms with E-state index in [4.69, 9.17) is 0 Å². The summed E-state index contributed by atoms with van der Waals surface area (Å²) in [6, 6.07) is 7.58. The molecule has 0 N–H and O–H groups in total. The molecule has 0 saturated carbocycles. The second-order valence-corrected chi connectivity index (χ2v) is 5.76. The third kappa shape index (κ3) is 5.46. The maximum Gasteiger partial charge on any atom is 0.164 e. The van der Waals surface area contributed by atoms with Gasteiger partial charge in [0.2, 0.25) is 0 Å². The summed E-state index contributed by atoms with van der Waals surface area (Å²) in [6.07, 6.45) is 0.583. The van der Waals surface area contributed by atoms with Gasteiger partial charge in [-0.2, -0.15) is 0 Å². The summed E-state index contributed by atoms with van der Waals surface area (Å²) in [4.78, 5) is 14.1. The van der Waals surface area contributed by atoms with Crippen molar-refractivity contribution in [1.29, 1.82) is 0 Å². The third-order valence-electron chi connectivity index (χ3n) is 2.54. The Morgan fingerprint density at radius 1 is 1.41 bits per heavy atom. The minimum atomic E-state index is 0.210. The van der Waals surface area contributed by atoms with Gasteiger partial charge in [-0.25, -0.2) is 0 Å². The first-order valence-electron chi connectivity index (χ1n) is 5.96. The van der Waals surface area contributed by atoms with Crippen LogP contribution in [0, 0.1) is 5.92 Å². The molecule has 0 aliphatic heterocycles. The Labute approximate surface area is 112 Å². The molecule has 0 fully saturated rings. The highest BCUT2D eigenvalue weighted by atomic mass is 79.9. The van der Waals surface area contributed by atoms with Crippen LogP contribution >= 0.6 is 15.9 Å². The average molecular weight is 298 g/mol.